The second kappa shape index (κ2) is 3.73. The lowest BCUT2D eigenvalue weighted by molar-refractivity contribution is 0.216. The summed E-state index contributed by atoms with van der Waals surface area (Å²) in [5.74, 6) is 0. The molecule has 4 nitrogen and oxygen atoms in total. The number of nitrogens with zero attached hydrogens (tertiary/aromatic N) is 1. The van der Waals surface area contributed by atoms with E-state index >= 15 is 0 Å². The largest absolute Gasteiger partial charge is 0.322 e. The van der Waals surface area contributed by atoms with E-state index in [0.29, 0.717) is 0 Å². The van der Waals surface area contributed by atoms with Crippen molar-refractivity contribution in [3.8, 4) is 0 Å². The summed E-state index contributed by atoms with van der Waals surface area (Å²) in [6.07, 6.45) is 3.07. The van der Waals surface area contributed by atoms with E-state index < -0.39 is 6.17 Å². The van der Waals surface area contributed by atoms with Crippen molar-refractivity contribution >= 4 is 22.0 Å². The Morgan fingerprint density at radius 3 is 3.08 bits per heavy atom. The van der Waals surface area contributed by atoms with E-state index in [1.807, 2.05) is 0 Å². The summed E-state index contributed by atoms with van der Waals surface area (Å²) in [6, 6.07) is -0.186. The van der Waals surface area contributed by atoms with E-state index in [9.17, 15) is 4.79 Å². The third-order valence-corrected chi connectivity index (χ3v) is 1.82. The maximum absolute atomic E-state index is 11.0. The first-order valence-electron chi connectivity index (χ1n) is 3.42. The van der Waals surface area contributed by atoms with Gasteiger partial charge < -0.3 is 16.0 Å². The first kappa shape index (κ1) is 9.28. The highest BCUT2D eigenvalue weighted by atomic mass is 79.9. The number of carbonyl (C=O) groups excluding carboxylic acids is 1. The topological polar surface area (TPSA) is 58.4 Å². The number of hydrogen-bond donors (Lipinski definition) is 2. The number of carbonyl (C=O) groups is 1. The zero-order valence-corrected chi connectivity index (χ0v) is 8.21. The Bertz CT molecular complexity index is 249. The smallest absolute Gasteiger partial charge is 0.318 e. The van der Waals surface area contributed by atoms with Crippen molar-refractivity contribution in [1.29, 1.82) is 0 Å². The molecule has 0 saturated carbocycles. The molecule has 66 valence electrons. The fraction of sp³-hybridized carbons (Fsp3) is 0.286. The van der Waals surface area contributed by atoms with E-state index in [-0.39, 0.29) is 6.03 Å². The highest BCUT2D eigenvalue weighted by Gasteiger charge is 2.19. The highest BCUT2D eigenvalue weighted by molar-refractivity contribution is 9.11. The monoisotopic (exact) mass is 231 g/mol. The van der Waals surface area contributed by atoms with Crippen molar-refractivity contribution < 1.29 is 4.79 Å². The van der Waals surface area contributed by atoms with E-state index in [1.54, 1.807) is 24.3 Å². The third-order valence-electron chi connectivity index (χ3n) is 1.56. The zero-order valence-electron chi connectivity index (χ0n) is 6.62. The molecular formula is C7H10BrN3O. The molecule has 5 heteroatoms. The van der Waals surface area contributed by atoms with Crippen molar-refractivity contribution in [2.75, 3.05) is 7.05 Å². The highest BCUT2D eigenvalue weighted by Crippen LogP contribution is 2.08. The van der Waals surface area contributed by atoms with Gasteiger partial charge in [-0.05, 0) is 11.1 Å². The van der Waals surface area contributed by atoms with Crippen molar-refractivity contribution in [2.45, 2.75) is 6.17 Å². The van der Waals surface area contributed by atoms with Crippen LogP contribution in [0.15, 0.2) is 22.8 Å². The number of hydrogen-bond acceptors (Lipinski definition) is 2. The molecule has 0 radical (unpaired) electrons. The van der Waals surface area contributed by atoms with E-state index in [1.165, 1.54) is 4.90 Å². The van der Waals surface area contributed by atoms with Gasteiger partial charge in [0.2, 0.25) is 0 Å². The molecule has 1 heterocycles. The van der Waals surface area contributed by atoms with Crippen LogP contribution in [0, 0.1) is 0 Å². The number of rotatable bonds is 1. The van der Waals surface area contributed by atoms with Gasteiger partial charge in [-0.3, -0.25) is 0 Å². The molecule has 1 unspecified atom stereocenters. The number of nitrogens with two attached hydrogens (primary N) is 1. The summed E-state index contributed by atoms with van der Waals surface area (Å²) in [7, 11) is 1.67. The third kappa shape index (κ3) is 1.86. The van der Waals surface area contributed by atoms with Gasteiger partial charge in [0.15, 0.2) is 0 Å². The van der Waals surface area contributed by atoms with Crippen LogP contribution in [-0.4, -0.2) is 24.1 Å². The van der Waals surface area contributed by atoms with Gasteiger partial charge in [-0.15, -0.1) is 0 Å². The van der Waals surface area contributed by atoms with Crippen LogP contribution in [0.3, 0.4) is 0 Å². The van der Waals surface area contributed by atoms with Gasteiger partial charge in [0.25, 0.3) is 0 Å². The second-order valence-electron chi connectivity index (χ2n) is 2.46. The van der Waals surface area contributed by atoms with Crippen LogP contribution in [0.25, 0.3) is 0 Å². The number of urea groups is 1. The van der Waals surface area contributed by atoms with Crippen molar-refractivity contribution in [3.05, 3.63) is 22.8 Å². The Labute approximate surface area is 79.2 Å². The molecule has 3 N–H and O–H groups in total. The van der Waals surface area contributed by atoms with Gasteiger partial charge in [-0.1, -0.05) is 15.9 Å². The number of nitrogens with one attached hydrogen (secondary N) is 1. The van der Waals surface area contributed by atoms with E-state index in [0.717, 1.165) is 5.57 Å². The minimum absolute atomic E-state index is 0.186. The van der Waals surface area contributed by atoms with Crippen LogP contribution in [-0.2, 0) is 0 Å². The van der Waals surface area contributed by atoms with Crippen molar-refractivity contribution in [3.63, 3.8) is 0 Å². The minimum Gasteiger partial charge on any atom is -0.318 e. The SMILES string of the molecule is CN1C=C(/C=C/Br)C(N)NC1=O. The molecule has 1 atom stereocenters. The summed E-state index contributed by atoms with van der Waals surface area (Å²) >= 11 is 3.14. The Balaban J connectivity index is 2.85. The van der Waals surface area contributed by atoms with Crippen LogP contribution in [0.2, 0.25) is 0 Å². The quantitative estimate of drug-likeness (QED) is 0.699. The molecule has 1 rings (SSSR count). The van der Waals surface area contributed by atoms with Crippen molar-refractivity contribution in [2.24, 2.45) is 5.73 Å². The normalized spacial score (nSPS) is 24.2. The van der Waals surface area contributed by atoms with Crippen LogP contribution >= 0.6 is 15.9 Å². The molecular weight excluding hydrogens is 222 g/mol. The summed E-state index contributed by atoms with van der Waals surface area (Å²) in [6.45, 7) is 0. The Morgan fingerprint density at radius 2 is 2.50 bits per heavy atom. The van der Waals surface area contributed by atoms with Crippen LogP contribution in [0.5, 0.6) is 0 Å². The van der Waals surface area contributed by atoms with Gasteiger partial charge in [0.05, 0.1) is 0 Å². The molecule has 0 aromatic carbocycles. The molecule has 2 amide bonds. The number of amides is 2. The fourth-order valence-electron chi connectivity index (χ4n) is 0.900. The van der Waals surface area contributed by atoms with Crippen LogP contribution < -0.4 is 11.1 Å². The average Bonchev–Trinajstić information content (AvgIpc) is 2.01. The summed E-state index contributed by atoms with van der Waals surface area (Å²) in [5, 5.41) is 2.59. The van der Waals surface area contributed by atoms with Gasteiger partial charge in [0, 0.05) is 18.8 Å². The molecule has 0 aromatic rings. The lowest BCUT2D eigenvalue weighted by atomic mass is 10.2. The summed E-state index contributed by atoms with van der Waals surface area (Å²) < 4.78 is 0. The lowest BCUT2D eigenvalue weighted by Gasteiger charge is -2.25. The maximum Gasteiger partial charge on any atom is 0.322 e. The van der Waals surface area contributed by atoms with Gasteiger partial charge in [0.1, 0.15) is 6.17 Å². The van der Waals surface area contributed by atoms with E-state index in [2.05, 4.69) is 21.2 Å². The standard InChI is InChI=1S/C7H10BrN3O/c1-11-4-5(2-3-8)6(9)10-7(11)12/h2-4,6H,9H2,1H3,(H,10,12)/b3-2+. The predicted octanol–water partition coefficient (Wildman–Crippen LogP) is 0.719. The minimum atomic E-state index is -0.414. The molecule has 0 bridgehead atoms. The second-order valence-corrected chi connectivity index (χ2v) is 2.99. The molecule has 12 heavy (non-hydrogen) atoms. The Hall–Kier alpha value is -0.810. The predicted molar refractivity (Wildman–Crippen MR) is 50.4 cm³/mol. The molecule has 0 aromatic heterocycles. The molecule has 0 fully saturated rings. The lowest BCUT2D eigenvalue weighted by Crippen LogP contribution is -2.50. The molecule has 0 aliphatic carbocycles. The average molecular weight is 232 g/mol. The van der Waals surface area contributed by atoms with E-state index in [4.69, 9.17) is 5.73 Å². The van der Waals surface area contributed by atoms with Gasteiger partial charge in [-0.25, -0.2) is 4.79 Å². The number of halogens is 1. The summed E-state index contributed by atoms with van der Waals surface area (Å²) in [4.78, 5) is 14.2. The first-order chi connectivity index (χ1) is 5.65. The van der Waals surface area contributed by atoms with Crippen molar-refractivity contribution in [1.82, 2.24) is 10.2 Å². The zero-order chi connectivity index (χ0) is 9.14. The van der Waals surface area contributed by atoms with Gasteiger partial charge >= 0.3 is 6.03 Å². The fourth-order valence-corrected chi connectivity index (χ4v) is 1.21. The van der Waals surface area contributed by atoms with Crippen LogP contribution in [0.4, 0.5) is 4.79 Å². The van der Waals surface area contributed by atoms with Gasteiger partial charge in [-0.2, -0.15) is 0 Å². The molecule has 1 aliphatic heterocycles. The maximum atomic E-state index is 11.0. The Kier molecular flexibility index (Phi) is 2.88. The molecule has 0 spiro atoms. The summed E-state index contributed by atoms with van der Waals surface area (Å²) in [5.41, 5.74) is 6.47. The first-order valence-corrected chi connectivity index (χ1v) is 4.34. The molecule has 0 saturated heterocycles. The molecule has 1 aliphatic rings. The van der Waals surface area contributed by atoms with Crippen LogP contribution in [0.1, 0.15) is 0 Å². The Morgan fingerprint density at radius 1 is 1.83 bits per heavy atom.